The van der Waals surface area contributed by atoms with Gasteiger partial charge in [0.25, 0.3) is 5.91 Å². The molecule has 0 aliphatic carbocycles. The van der Waals surface area contributed by atoms with Crippen LogP contribution in [0.15, 0.2) is 66.7 Å². The average Bonchev–Trinajstić information content (AvgIpc) is 2.84. The summed E-state index contributed by atoms with van der Waals surface area (Å²) in [4.78, 5) is 25.2. The van der Waals surface area contributed by atoms with Crippen molar-refractivity contribution in [3.05, 3.63) is 88.4 Å². The minimum atomic E-state index is -0.247. The molecule has 0 atom stereocenters. The zero-order chi connectivity index (χ0) is 24.3. The molecule has 2 amide bonds. The molecule has 0 fully saturated rings. The van der Waals surface area contributed by atoms with E-state index in [4.69, 9.17) is 21.1 Å². The van der Waals surface area contributed by atoms with E-state index in [-0.39, 0.29) is 17.6 Å². The molecule has 0 bridgehead atoms. The van der Waals surface area contributed by atoms with Gasteiger partial charge in [-0.3, -0.25) is 9.59 Å². The van der Waals surface area contributed by atoms with Gasteiger partial charge < -0.3 is 20.1 Å². The summed E-state index contributed by atoms with van der Waals surface area (Å²) in [6, 6.07) is 20.2. The number of thioether (sulfide) groups is 1. The Morgan fingerprint density at radius 3 is 2.47 bits per heavy atom. The van der Waals surface area contributed by atoms with Gasteiger partial charge in [0.05, 0.1) is 31.2 Å². The fraction of sp³-hybridized carbons (Fsp3) is 0.231. The molecule has 0 saturated carbocycles. The molecule has 0 spiro atoms. The molecule has 2 N–H and O–H groups in total. The van der Waals surface area contributed by atoms with Crippen molar-refractivity contribution in [1.82, 2.24) is 5.32 Å². The van der Waals surface area contributed by atoms with Gasteiger partial charge in [0.15, 0.2) is 11.5 Å². The van der Waals surface area contributed by atoms with Gasteiger partial charge in [-0.1, -0.05) is 41.9 Å². The van der Waals surface area contributed by atoms with Gasteiger partial charge in [-0.25, -0.2) is 0 Å². The number of nitrogens with one attached hydrogen (secondary N) is 2. The van der Waals surface area contributed by atoms with Crippen LogP contribution < -0.4 is 20.1 Å². The lowest BCUT2D eigenvalue weighted by Crippen LogP contribution is -2.27. The number of para-hydroxylation sites is 1. The summed E-state index contributed by atoms with van der Waals surface area (Å²) in [7, 11) is 3.18. The maximum absolute atomic E-state index is 12.8. The number of rotatable bonds is 11. The summed E-state index contributed by atoms with van der Waals surface area (Å²) in [5, 5.41) is 6.44. The first-order chi connectivity index (χ1) is 16.5. The van der Waals surface area contributed by atoms with Crippen molar-refractivity contribution in [1.29, 1.82) is 0 Å². The Labute approximate surface area is 209 Å². The van der Waals surface area contributed by atoms with E-state index in [1.165, 1.54) is 11.8 Å². The van der Waals surface area contributed by atoms with Crippen molar-refractivity contribution < 1.29 is 19.1 Å². The summed E-state index contributed by atoms with van der Waals surface area (Å²) < 4.78 is 10.6. The molecular formula is C26H27ClN2O4S. The van der Waals surface area contributed by atoms with E-state index in [0.29, 0.717) is 46.5 Å². The van der Waals surface area contributed by atoms with Crippen LogP contribution in [0.1, 0.15) is 21.5 Å². The number of hydrogen-bond acceptors (Lipinski definition) is 5. The van der Waals surface area contributed by atoms with Crippen LogP contribution in [0.4, 0.5) is 5.69 Å². The van der Waals surface area contributed by atoms with Gasteiger partial charge in [-0.2, -0.15) is 0 Å². The number of carbonyl (C=O) groups is 2. The van der Waals surface area contributed by atoms with Crippen molar-refractivity contribution in [3.8, 4) is 11.5 Å². The first kappa shape index (κ1) is 25.5. The third-order valence-electron chi connectivity index (χ3n) is 4.98. The van der Waals surface area contributed by atoms with Crippen LogP contribution in [0.2, 0.25) is 5.02 Å². The number of halogens is 1. The molecule has 0 saturated heterocycles. The maximum Gasteiger partial charge on any atom is 0.253 e. The molecule has 0 unspecified atom stereocenters. The van der Waals surface area contributed by atoms with Crippen LogP contribution in [0, 0.1) is 0 Å². The molecule has 0 heterocycles. The van der Waals surface area contributed by atoms with Crippen LogP contribution in [0.25, 0.3) is 0 Å². The number of benzene rings is 3. The van der Waals surface area contributed by atoms with Gasteiger partial charge in [0.1, 0.15) is 0 Å². The van der Waals surface area contributed by atoms with Gasteiger partial charge in [-0.05, 0) is 53.9 Å². The van der Waals surface area contributed by atoms with Gasteiger partial charge in [0, 0.05) is 17.3 Å². The predicted octanol–water partition coefficient (Wildman–Crippen LogP) is 5.20. The molecule has 6 nitrogen and oxygen atoms in total. The molecule has 34 heavy (non-hydrogen) atoms. The van der Waals surface area contributed by atoms with E-state index in [1.807, 2.05) is 42.5 Å². The third-order valence-corrected chi connectivity index (χ3v) is 6.22. The van der Waals surface area contributed by atoms with Gasteiger partial charge in [-0.15, -0.1) is 11.8 Å². The number of anilines is 1. The molecule has 3 aromatic carbocycles. The molecule has 0 aromatic heterocycles. The quantitative estimate of drug-likeness (QED) is 0.380. The molecular weight excluding hydrogens is 472 g/mol. The number of ether oxygens (including phenoxy) is 2. The maximum atomic E-state index is 12.8. The molecule has 8 heteroatoms. The smallest absolute Gasteiger partial charge is 0.253 e. The van der Waals surface area contributed by atoms with E-state index in [0.717, 1.165) is 11.1 Å². The highest BCUT2D eigenvalue weighted by Gasteiger charge is 2.13. The zero-order valence-electron chi connectivity index (χ0n) is 19.1. The van der Waals surface area contributed by atoms with E-state index in [2.05, 4.69) is 10.6 Å². The predicted molar refractivity (Wildman–Crippen MR) is 138 cm³/mol. The summed E-state index contributed by atoms with van der Waals surface area (Å²) in [6.07, 6.45) is 0.626. The normalized spacial score (nSPS) is 10.4. The summed E-state index contributed by atoms with van der Waals surface area (Å²) in [5.74, 6) is 1.83. The Hall–Kier alpha value is -3.16. The number of methoxy groups -OCH3 is 2. The fourth-order valence-electron chi connectivity index (χ4n) is 3.32. The lowest BCUT2D eigenvalue weighted by Gasteiger charge is -2.12. The largest absolute Gasteiger partial charge is 0.493 e. The lowest BCUT2D eigenvalue weighted by atomic mass is 10.1. The minimum absolute atomic E-state index is 0.169. The van der Waals surface area contributed by atoms with Crippen molar-refractivity contribution in [2.24, 2.45) is 0 Å². The van der Waals surface area contributed by atoms with Crippen molar-refractivity contribution in [3.63, 3.8) is 0 Å². The number of amides is 2. The second-order valence-electron chi connectivity index (χ2n) is 7.41. The Kier molecular flexibility index (Phi) is 9.67. The Bertz CT molecular complexity index is 1140. The Morgan fingerprint density at radius 1 is 0.912 bits per heavy atom. The topological polar surface area (TPSA) is 76.7 Å². The number of hydrogen-bond donors (Lipinski definition) is 2. The Morgan fingerprint density at radius 2 is 1.71 bits per heavy atom. The standard InChI is InChI=1S/C26H27ClN2O4S/c1-32-23-11-10-18(15-24(23)33-2)12-13-28-26(31)21-8-3-4-9-22(21)29-25(30)17-34-16-19-6-5-7-20(27)14-19/h3-11,14-15H,12-13,16-17H2,1-2H3,(H,28,31)(H,29,30). The molecule has 0 radical (unpaired) electrons. The lowest BCUT2D eigenvalue weighted by molar-refractivity contribution is -0.113. The van der Waals surface area contributed by atoms with Crippen LogP contribution in [-0.4, -0.2) is 38.3 Å². The zero-order valence-corrected chi connectivity index (χ0v) is 20.7. The highest BCUT2D eigenvalue weighted by Crippen LogP contribution is 2.27. The van der Waals surface area contributed by atoms with Gasteiger partial charge in [0.2, 0.25) is 5.91 Å². The average molecular weight is 499 g/mol. The molecule has 0 aliphatic rings. The van der Waals surface area contributed by atoms with E-state index in [9.17, 15) is 9.59 Å². The molecule has 3 aromatic rings. The minimum Gasteiger partial charge on any atom is -0.493 e. The molecule has 0 aliphatic heterocycles. The second kappa shape index (κ2) is 12.9. The molecule has 3 rings (SSSR count). The van der Waals surface area contributed by atoms with E-state index >= 15 is 0 Å². The van der Waals surface area contributed by atoms with Crippen molar-refractivity contribution >= 4 is 40.9 Å². The summed E-state index contributed by atoms with van der Waals surface area (Å²) in [5.41, 5.74) is 2.97. The first-order valence-electron chi connectivity index (χ1n) is 10.7. The summed E-state index contributed by atoms with van der Waals surface area (Å²) in [6.45, 7) is 0.437. The van der Waals surface area contributed by atoms with Crippen molar-refractivity contribution in [2.45, 2.75) is 12.2 Å². The van der Waals surface area contributed by atoms with Crippen molar-refractivity contribution in [2.75, 3.05) is 31.8 Å². The Balaban J connectivity index is 1.51. The van der Waals surface area contributed by atoms with Crippen LogP contribution in [0.5, 0.6) is 11.5 Å². The SMILES string of the molecule is COc1ccc(CCNC(=O)c2ccccc2NC(=O)CSCc2cccc(Cl)c2)cc1OC. The molecule has 178 valence electrons. The van der Waals surface area contributed by atoms with Crippen LogP contribution >= 0.6 is 23.4 Å². The second-order valence-corrected chi connectivity index (χ2v) is 8.83. The van der Waals surface area contributed by atoms with Crippen LogP contribution in [0.3, 0.4) is 0 Å². The first-order valence-corrected chi connectivity index (χ1v) is 12.2. The highest BCUT2D eigenvalue weighted by atomic mass is 35.5. The van der Waals surface area contributed by atoms with Crippen LogP contribution in [-0.2, 0) is 17.0 Å². The monoisotopic (exact) mass is 498 g/mol. The third kappa shape index (κ3) is 7.43. The van der Waals surface area contributed by atoms with E-state index in [1.54, 1.807) is 38.5 Å². The van der Waals surface area contributed by atoms with E-state index < -0.39 is 0 Å². The summed E-state index contributed by atoms with van der Waals surface area (Å²) >= 11 is 7.48. The van der Waals surface area contributed by atoms with Gasteiger partial charge >= 0.3 is 0 Å². The number of carbonyl (C=O) groups excluding carboxylic acids is 2. The highest BCUT2D eigenvalue weighted by molar-refractivity contribution is 7.99. The fourth-order valence-corrected chi connectivity index (χ4v) is 4.30.